The lowest BCUT2D eigenvalue weighted by molar-refractivity contribution is 0.0885. The minimum Gasteiger partial charge on any atom is -0.396 e. The van der Waals surface area contributed by atoms with Gasteiger partial charge in [0.1, 0.15) is 5.82 Å². The van der Waals surface area contributed by atoms with Crippen LogP contribution in [-0.4, -0.2) is 23.2 Å². The highest BCUT2D eigenvalue weighted by molar-refractivity contribution is 9.10. The SMILES string of the molecule is CCC(C)(CCO)NC(=O)c1cc(F)ccc1Br. The van der Waals surface area contributed by atoms with E-state index in [1.165, 1.54) is 18.2 Å². The van der Waals surface area contributed by atoms with E-state index < -0.39 is 11.4 Å². The summed E-state index contributed by atoms with van der Waals surface area (Å²) in [6, 6.07) is 3.97. The molecule has 1 rings (SSSR count). The van der Waals surface area contributed by atoms with Crippen molar-refractivity contribution in [1.29, 1.82) is 0 Å². The van der Waals surface area contributed by atoms with Gasteiger partial charge in [-0.15, -0.1) is 0 Å². The van der Waals surface area contributed by atoms with Gasteiger partial charge in [-0.25, -0.2) is 4.39 Å². The predicted molar refractivity (Wildman–Crippen MR) is 72.0 cm³/mol. The number of amides is 1. The van der Waals surface area contributed by atoms with Crippen molar-refractivity contribution in [1.82, 2.24) is 5.32 Å². The van der Waals surface area contributed by atoms with Gasteiger partial charge in [0.05, 0.1) is 5.56 Å². The van der Waals surface area contributed by atoms with E-state index in [2.05, 4.69) is 21.2 Å². The van der Waals surface area contributed by atoms with Gasteiger partial charge >= 0.3 is 0 Å². The Labute approximate surface area is 115 Å². The molecule has 0 aromatic heterocycles. The third-order valence-electron chi connectivity index (χ3n) is 3.03. The number of benzene rings is 1. The van der Waals surface area contributed by atoms with Crippen LogP contribution in [0.25, 0.3) is 0 Å². The molecule has 0 saturated heterocycles. The van der Waals surface area contributed by atoms with Crippen LogP contribution in [0.15, 0.2) is 22.7 Å². The Bertz CT molecular complexity index is 439. The molecule has 3 nitrogen and oxygen atoms in total. The van der Waals surface area contributed by atoms with Gasteiger partial charge in [-0.1, -0.05) is 6.92 Å². The number of hydrogen-bond donors (Lipinski definition) is 2. The molecule has 0 spiro atoms. The van der Waals surface area contributed by atoms with Gasteiger partial charge in [-0.2, -0.15) is 0 Å². The summed E-state index contributed by atoms with van der Waals surface area (Å²) in [4.78, 5) is 12.1. The van der Waals surface area contributed by atoms with Gasteiger partial charge < -0.3 is 10.4 Å². The predicted octanol–water partition coefficient (Wildman–Crippen LogP) is 2.87. The summed E-state index contributed by atoms with van der Waals surface area (Å²) in [6.45, 7) is 3.78. The van der Waals surface area contributed by atoms with Crippen LogP contribution in [0.4, 0.5) is 4.39 Å². The molecule has 100 valence electrons. The Morgan fingerprint density at radius 2 is 2.22 bits per heavy atom. The Balaban J connectivity index is 2.90. The Morgan fingerprint density at radius 1 is 1.56 bits per heavy atom. The molecular formula is C13H17BrFNO2. The Morgan fingerprint density at radius 3 is 2.78 bits per heavy atom. The topological polar surface area (TPSA) is 49.3 Å². The minimum absolute atomic E-state index is 0.00502. The van der Waals surface area contributed by atoms with Gasteiger partial charge in [0, 0.05) is 16.6 Å². The van der Waals surface area contributed by atoms with Crippen molar-refractivity contribution in [3.63, 3.8) is 0 Å². The Hall–Kier alpha value is -0.940. The van der Waals surface area contributed by atoms with Crippen molar-refractivity contribution in [3.05, 3.63) is 34.1 Å². The monoisotopic (exact) mass is 317 g/mol. The van der Waals surface area contributed by atoms with Crippen LogP contribution in [-0.2, 0) is 0 Å². The molecule has 0 fully saturated rings. The molecule has 2 N–H and O–H groups in total. The maximum atomic E-state index is 13.1. The molecule has 0 aliphatic heterocycles. The second-order valence-corrected chi connectivity index (χ2v) is 5.32. The van der Waals surface area contributed by atoms with Gasteiger partial charge in [-0.05, 0) is 53.9 Å². The molecule has 1 aromatic rings. The van der Waals surface area contributed by atoms with Gasteiger partial charge in [0.2, 0.25) is 0 Å². The van der Waals surface area contributed by atoms with Crippen molar-refractivity contribution >= 4 is 21.8 Å². The van der Waals surface area contributed by atoms with E-state index in [1.807, 2.05) is 13.8 Å². The summed E-state index contributed by atoms with van der Waals surface area (Å²) in [7, 11) is 0. The molecule has 0 radical (unpaired) electrons. The van der Waals surface area contributed by atoms with Gasteiger partial charge in [-0.3, -0.25) is 4.79 Å². The van der Waals surface area contributed by atoms with Crippen LogP contribution < -0.4 is 5.32 Å². The van der Waals surface area contributed by atoms with Crippen LogP contribution in [0, 0.1) is 5.82 Å². The number of aliphatic hydroxyl groups excluding tert-OH is 1. The number of halogens is 2. The van der Waals surface area contributed by atoms with Crippen molar-refractivity contribution in [2.24, 2.45) is 0 Å². The molecule has 1 aromatic carbocycles. The lowest BCUT2D eigenvalue weighted by atomic mass is 9.94. The summed E-state index contributed by atoms with van der Waals surface area (Å²) < 4.78 is 13.7. The summed E-state index contributed by atoms with van der Waals surface area (Å²) in [5, 5.41) is 11.8. The zero-order valence-electron chi connectivity index (χ0n) is 10.5. The third-order valence-corrected chi connectivity index (χ3v) is 3.72. The zero-order chi connectivity index (χ0) is 13.8. The van der Waals surface area contributed by atoms with Gasteiger partial charge in [0.25, 0.3) is 5.91 Å². The fraction of sp³-hybridized carbons (Fsp3) is 0.462. The molecule has 1 atom stereocenters. The summed E-state index contributed by atoms with van der Waals surface area (Å²) in [5.74, 6) is -0.803. The fourth-order valence-electron chi connectivity index (χ4n) is 1.59. The second-order valence-electron chi connectivity index (χ2n) is 4.47. The van der Waals surface area contributed by atoms with Crippen molar-refractivity contribution in [3.8, 4) is 0 Å². The van der Waals surface area contributed by atoms with Crippen LogP contribution >= 0.6 is 15.9 Å². The van der Waals surface area contributed by atoms with Gasteiger partial charge in [0.15, 0.2) is 0 Å². The molecule has 18 heavy (non-hydrogen) atoms. The lowest BCUT2D eigenvalue weighted by Gasteiger charge is -2.29. The molecule has 0 heterocycles. The van der Waals surface area contributed by atoms with E-state index in [4.69, 9.17) is 5.11 Å². The van der Waals surface area contributed by atoms with E-state index >= 15 is 0 Å². The number of carbonyl (C=O) groups is 1. The number of nitrogens with one attached hydrogen (secondary N) is 1. The summed E-state index contributed by atoms with van der Waals surface area (Å²) >= 11 is 3.22. The number of aliphatic hydroxyl groups is 1. The average Bonchev–Trinajstić information content (AvgIpc) is 2.32. The first-order valence-corrected chi connectivity index (χ1v) is 6.59. The molecule has 0 aliphatic rings. The van der Waals surface area contributed by atoms with E-state index in [0.29, 0.717) is 17.3 Å². The van der Waals surface area contributed by atoms with E-state index in [-0.39, 0.29) is 18.1 Å². The lowest BCUT2D eigenvalue weighted by Crippen LogP contribution is -2.46. The van der Waals surface area contributed by atoms with Crippen LogP contribution in [0.3, 0.4) is 0 Å². The quantitative estimate of drug-likeness (QED) is 0.877. The highest BCUT2D eigenvalue weighted by Gasteiger charge is 2.25. The zero-order valence-corrected chi connectivity index (χ0v) is 12.1. The maximum Gasteiger partial charge on any atom is 0.252 e. The minimum atomic E-state index is -0.489. The first kappa shape index (κ1) is 15.1. The molecular weight excluding hydrogens is 301 g/mol. The molecule has 0 bridgehead atoms. The van der Waals surface area contributed by atoms with Crippen molar-refractivity contribution in [2.45, 2.75) is 32.2 Å². The molecule has 1 unspecified atom stereocenters. The van der Waals surface area contributed by atoms with E-state index in [0.717, 1.165) is 0 Å². The second kappa shape index (κ2) is 6.29. The van der Waals surface area contributed by atoms with E-state index in [9.17, 15) is 9.18 Å². The van der Waals surface area contributed by atoms with Crippen LogP contribution in [0.1, 0.15) is 37.0 Å². The summed E-state index contributed by atoms with van der Waals surface area (Å²) in [5.41, 5.74) is -0.231. The number of carbonyl (C=O) groups excluding carboxylic acids is 1. The molecule has 5 heteroatoms. The normalized spacial score (nSPS) is 14.1. The first-order valence-electron chi connectivity index (χ1n) is 5.80. The highest BCUT2D eigenvalue weighted by atomic mass is 79.9. The number of rotatable bonds is 5. The molecule has 0 saturated carbocycles. The number of hydrogen-bond acceptors (Lipinski definition) is 2. The van der Waals surface area contributed by atoms with Crippen molar-refractivity contribution < 1.29 is 14.3 Å². The Kier molecular flexibility index (Phi) is 5.28. The highest BCUT2D eigenvalue weighted by Crippen LogP contribution is 2.20. The molecule has 1 amide bonds. The van der Waals surface area contributed by atoms with E-state index in [1.54, 1.807) is 0 Å². The third kappa shape index (κ3) is 3.78. The largest absolute Gasteiger partial charge is 0.396 e. The van der Waals surface area contributed by atoms with Crippen LogP contribution in [0.2, 0.25) is 0 Å². The fourth-order valence-corrected chi connectivity index (χ4v) is 2.01. The average molecular weight is 318 g/mol. The van der Waals surface area contributed by atoms with Crippen molar-refractivity contribution in [2.75, 3.05) is 6.61 Å². The standard InChI is InChI=1S/C13H17BrFNO2/c1-3-13(2,6-7-17)16-12(18)10-8-9(15)4-5-11(10)14/h4-5,8,17H,3,6-7H2,1-2H3,(H,16,18). The maximum absolute atomic E-state index is 13.1. The summed E-state index contributed by atoms with van der Waals surface area (Å²) in [6.07, 6.45) is 1.15. The first-order chi connectivity index (χ1) is 8.41. The molecule has 0 aliphatic carbocycles. The smallest absolute Gasteiger partial charge is 0.252 e. The van der Waals surface area contributed by atoms with Crippen LogP contribution in [0.5, 0.6) is 0 Å².